The lowest BCUT2D eigenvalue weighted by Gasteiger charge is -2.37. The smallest absolute Gasteiger partial charge is 0.410 e. The molecule has 0 spiro atoms. The Bertz CT molecular complexity index is 907. The quantitative estimate of drug-likeness (QED) is 0.792. The number of rotatable bonds is 4. The molecule has 2 aliphatic rings. The number of carbonyl (C=O) groups is 2. The van der Waals surface area contributed by atoms with E-state index in [4.69, 9.17) is 4.74 Å². The Morgan fingerprint density at radius 3 is 2.68 bits per heavy atom. The van der Waals surface area contributed by atoms with Crippen LogP contribution in [0.5, 0.6) is 0 Å². The van der Waals surface area contributed by atoms with Crippen LogP contribution < -0.4 is 0 Å². The second kappa shape index (κ2) is 7.68. The van der Waals surface area contributed by atoms with E-state index >= 15 is 0 Å². The van der Waals surface area contributed by atoms with Crippen LogP contribution in [-0.4, -0.2) is 58.1 Å². The number of nitriles is 1. The Labute approximate surface area is 167 Å². The lowest BCUT2D eigenvalue weighted by Crippen LogP contribution is -2.49. The number of hydrogen-bond donors (Lipinski definition) is 0. The molecule has 0 N–H and O–H groups in total. The van der Waals surface area contributed by atoms with Crippen LogP contribution in [0.2, 0.25) is 0 Å². The van der Waals surface area contributed by atoms with Gasteiger partial charge in [-0.05, 0) is 31.4 Å². The molecule has 1 unspecified atom stereocenters. The molecule has 0 saturated carbocycles. The molecule has 146 valence electrons. The van der Waals surface area contributed by atoms with Gasteiger partial charge < -0.3 is 14.2 Å². The first-order chi connectivity index (χ1) is 13.6. The first-order valence-corrected chi connectivity index (χ1v) is 10.4. The minimum absolute atomic E-state index is 0.0512. The fourth-order valence-electron chi connectivity index (χ4n) is 4.05. The summed E-state index contributed by atoms with van der Waals surface area (Å²) in [4.78, 5) is 29.5. The molecule has 2 aromatic heterocycles. The lowest BCUT2D eigenvalue weighted by molar-refractivity contribution is 0.0640. The van der Waals surface area contributed by atoms with Crippen molar-refractivity contribution in [2.45, 2.75) is 38.3 Å². The minimum Gasteiger partial charge on any atom is -0.447 e. The first kappa shape index (κ1) is 18.6. The number of nitrogens with zero attached hydrogens (tertiary/aromatic N) is 4. The Balaban J connectivity index is 1.49. The van der Waals surface area contributed by atoms with Crippen molar-refractivity contribution in [3.8, 4) is 11.8 Å². The summed E-state index contributed by atoms with van der Waals surface area (Å²) in [6.07, 6.45) is 5.81. The van der Waals surface area contributed by atoms with Gasteiger partial charge in [0.1, 0.15) is 17.6 Å². The maximum Gasteiger partial charge on any atom is 0.410 e. The Kier molecular flexibility index (Phi) is 5.09. The number of ether oxygens (including phenoxy) is 1. The molecule has 28 heavy (non-hydrogen) atoms. The van der Waals surface area contributed by atoms with E-state index in [2.05, 4.69) is 13.0 Å². The Hall–Kier alpha value is -2.79. The summed E-state index contributed by atoms with van der Waals surface area (Å²) in [7, 11) is 0. The van der Waals surface area contributed by atoms with Crippen LogP contribution in [0.15, 0.2) is 29.9 Å². The largest absolute Gasteiger partial charge is 0.447 e. The number of hydrogen-bond acceptors (Lipinski definition) is 5. The van der Waals surface area contributed by atoms with E-state index in [1.165, 1.54) is 11.3 Å². The zero-order valence-corrected chi connectivity index (χ0v) is 16.5. The third-order valence-electron chi connectivity index (χ3n) is 5.56. The van der Waals surface area contributed by atoms with Gasteiger partial charge in [0.15, 0.2) is 0 Å². The molecule has 0 aliphatic carbocycles. The summed E-state index contributed by atoms with van der Waals surface area (Å²) in [5, 5.41) is 11.2. The molecule has 2 aromatic rings. The van der Waals surface area contributed by atoms with E-state index in [0.29, 0.717) is 35.8 Å². The third-order valence-corrected chi connectivity index (χ3v) is 6.52. The van der Waals surface area contributed by atoms with Crippen molar-refractivity contribution in [3.05, 3.63) is 40.3 Å². The zero-order chi connectivity index (χ0) is 19.7. The molecule has 2 aliphatic heterocycles. The standard InChI is InChI=1S/C20H22N4O3S/c1-2-15-12-27-20(26)24(15)16-5-9-23(10-6-16)19(25)18-17(14(11-21)13-28-18)22-7-3-4-8-22/h3-4,7-8,13,15-16H,2,5-6,9-10,12H2,1H3. The maximum atomic E-state index is 13.2. The van der Waals surface area contributed by atoms with Crippen LogP contribution in [0.1, 0.15) is 41.4 Å². The fourth-order valence-corrected chi connectivity index (χ4v) is 5.00. The summed E-state index contributed by atoms with van der Waals surface area (Å²) < 4.78 is 7.03. The van der Waals surface area contributed by atoms with E-state index in [0.717, 1.165) is 19.3 Å². The Morgan fingerprint density at radius 2 is 2.04 bits per heavy atom. The highest BCUT2D eigenvalue weighted by Crippen LogP contribution is 2.30. The van der Waals surface area contributed by atoms with Gasteiger partial charge in [-0.15, -0.1) is 11.3 Å². The number of thiophene rings is 1. The second-order valence-electron chi connectivity index (χ2n) is 7.10. The van der Waals surface area contributed by atoms with Crippen LogP contribution in [0.3, 0.4) is 0 Å². The first-order valence-electron chi connectivity index (χ1n) is 9.53. The maximum absolute atomic E-state index is 13.2. The number of carbonyl (C=O) groups excluding carboxylic acids is 2. The molecule has 1 atom stereocenters. The van der Waals surface area contributed by atoms with Crippen LogP contribution in [0.25, 0.3) is 5.69 Å². The van der Waals surface area contributed by atoms with Crippen LogP contribution in [0, 0.1) is 11.3 Å². The SMILES string of the molecule is CCC1COC(=O)N1C1CCN(C(=O)c2scc(C#N)c2-n2cccc2)CC1. The number of amides is 2. The summed E-state index contributed by atoms with van der Waals surface area (Å²) in [6.45, 7) is 3.70. The van der Waals surface area contributed by atoms with Crippen LogP contribution in [0.4, 0.5) is 4.79 Å². The average Bonchev–Trinajstić information content (AvgIpc) is 3.46. The van der Waals surface area contributed by atoms with E-state index in [-0.39, 0.29) is 24.1 Å². The van der Waals surface area contributed by atoms with Crippen molar-refractivity contribution in [2.75, 3.05) is 19.7 Å². The lowest BCUT2D eigenvalue weighted by atomic mass is 10.0. The molecular formula is C20H22N4O3S. The molecular weight excluding hydrogens is 376 g/mol. The normalized spacial score (nSPS) is 20.3. The number of aromatic nitrogens is 1. The molecule has 0 bridgehead atoms. The fraction of sp³-hybridized carbons (Fsp3) is 0.450. The predicted octanol–water partition coefficient (Wildman–Crippen LogP) is 3.25. The third kappa shape index (κ3) is 3.16. The van der Waals surface area contributed by atoms with Gasteiger partial charge in [-0.3, -0.25) is 9.69 Å². The molecule has 8 heteroatoms. The van der Waals surface area contributed by atoms with Crippen molar-refractivity contribution in [3.63, 3.8) is 0 Å². The van der Waals surface area contributed by atoms with E-state index in [1.54, 1.807) is 5.38 Å². The average molecular weight is 398 g/mol. The van der Waals surface area contributed by atoms with Gasteiger partial charge in [0.2, 0.25) is 0 Å². The molecule has 2 amide bonds. The molecule has 2 saturated heterocycles. The second-order valence-corrected chi connectivity index (χ2v) is 7.98. The van der Waals surface area contributed by atoms with Gasteiger partial charge in [-0.2, -0.15) is 5.26 Å². The molecule has 0 aromatic carbocycles. The van der Waals surface area contributed by atoms with Gasteiger partial charge in [-0.25, -0.2) is 4.79 Å². The molecule has 4 rings (SSSR count). The summed E-state index contributed by atoms with van der Waals surface area (Å²) in [5.41, 5.74) is 1.16. The van der Waals surface area contributed by atoms with Crippen LogP contribution in [-0.2, 0) is 4.74 Å². The van der Waals surface area contributed by atoms with Gasteiger partial charge in [-0.1, -0.05) is 6.92 Å². The number of likely N-dealkylation sites (tertiary alicyclic amines) is 1. The summed E-state index contributed by atoms with van der Waals surface area (Å²) in [5.74, 6) is -0.0512. The van der Waals surface area contributed by atoms with Gasteiger partial charge in [0, 0.05) is 36.9 Å². The summed E-state index contributed by atoms with van der Waals surface area (Å²) in [6, 6.07) is 6.18. The van der Waals surface area contributed by atoms with E-state index < -0.39 is 0 Å². The van der Waals surface area contributed by atoms with E-state index in [9.17, 15) is 14.9 Å². The van der Waals surface area contributed by atoms with Crippen LogP contribution >= 0.6 is 11.3 Å². The number of cyclic esters (lactones) is 1. The van der Waals surface area contributed by atoms with E-state index in [1.807, 2.05) is 38.9 Å². The minimum atomic E-state index is -0.233. The molecule has 4 heterocycles. The monoisotopic (exact) mass is 398 g/mol. The van der Waals surface area contributed by atoms with Gasteiger partial charge in [0.05, 0.1) is 17.3 Å². The highest BCUT2D eigenvalue weighted by Gasteiger charge is 2.39. The molecule has 2 fully saturated rings. The van der Waals surface area contributed by atoms with Crippen molar-refractivity contribution in [1.82, 2.24) is 14.4 Å². The van der Waals surface area contributed by atoms with Crippen molar-refractivity contribution in [1.29, 1.82) is 5.26 Å². The van der Waals surface area contributed by atoms with Crippen molar-refractivity contribution < 1.29 is 14.3 Å². The highest BCUT2D eigenvalue weighted by molar-refractivity contribution is 7.12. The van der Waals surface area contributed by atoms with Crippen molar-refractivity contribution >= 4 is 23.3 Å². The zero-order valence-electron chi connectivity index (χ0n) is 15.7. The molecule has 0 radical (unpaired) electrons. The van der Waals surface area contributed by atoms with Gasteiger partial charge in [0.25, 0.3) is 5.91 Å². The van der Waals surface area contributed by atoms with Crippen molar-refractivity contribution in [2.24, 2.45) is 0 Å². The number of piperidine rings is 1. The van der Waals surface area contributed by atoms with Gasteiger partial charge >= 0.3 is 6.09 Å². The highest BCUT2D eigenvalue weighted by atomic mass is 32.1. The molecule has 7 nitrogen and oxygen atoms in total. The Morgan fingerprint density at radius 1 is 1.32 bits per heavy atom. The summed E-state index contributed by atoms with van der Waals surface area (Å²) >= 11 is 1.31. The predicted molar refractivity (Wildman–Crippen MR) is 105 cm³/mol. The topological polar surface area (TPSA) is 78.6 Å².